The van der Waals surface area contributed by atoms with Crippen molar-refractivity contribution in [1.82, 2.24) is 4.90 Å². The molecule has 0 aliphatic carbocycles. The summed E-state index contributed by atoms with van der Waals surface area (Å²) in [4.78, 5) is 14.3. The Bertz CT molecular complexity index is 255. The summed E-state index contributed by atoms with van der Waals surface area (Å²) in [7, 11) is 0. The van der Waals surface area contributed by atoms with Gasteiger partial charge in [0.25, 0.3) is 0 Å². The minimum absolute atomic E-state index is 0.352. The van der Waals surface area contributed by atoms with Crippen LogP contribution in [0.25, 0.3) is 0 Å². The van der Waals surface area contributed by atoms with Crippen LogP contribution < -0.4 is 5.73 Å². The topological polar surface area (TPSA) is 46.3 Å². The summed E-state index contributed by atoms with van der Waals surface area (Å²) in [5, 5.41) is 0. The summed E-state index contributed by atoms with van der Waals surface area (Å²) in [6, 6.07) is 0.427. The van der Waals surface area contributed by atoms with E-state index in [1.165, 1.54) is 0 Å². The average Bonchev–Trinajstić information content (AvgIpc) is 2.34. The molecule has 106 valence electrons. The molecule has 0 aromatic rings. The maximum Gasteiger partial charge on any atom is 0.222 e. The Morgan fingerprint density at radius 2 is 2.11 bits per heavy atom. The van der Waals surface area contributed by atoms with Crippen LogP contribution in [0.3, 0.4) is 0 Å². The first kappa shape index (κ1) is 15.5. The van der Waals surface area contributed by atoms with Crippen LogP contribution in [0, 0.1) is 11.8 Å². The SMILES string of the molecule is CCC(CCN)CCC(=O)N1CCC(C)CC1C. The zero-order valence-electron chi connectivity index (χ0n) is 12.3. The highest BCUT2D eigenvalue weighted by molar-refractivity contribution is 5.76. The van der Waals surface area contributed by atoms with Crippen LogP contribution in [0.5, 0.6) is 0 Å². The van der Waals surface area contributed by atoms with Crippen LogP contribution in [0.4, 0.5) is 0 Å². The normalized spacial score (nSPS) is 26.1. The Morgan fingerprint density at radius 3 is 2.67 bits per heavy atom. The first-order chi connectivity index (χ1) is 8.58. The fourth-order valence-corrected chi connectivity index (χ4v) is 3.04. The van der Waals surface area contributed by atoms with E-state index in [2.05, 4.69) is 25.7 Å². The van der Waals surface area contributed by atoms with E-state index >= 15 is 0 Å². The van der Waals surface area contributed by atoms with E-state index in [1.807, 2.05) is 0 Å². The highest BCUT2D eigenvalue weighted by Gasteiger charge is 2.26. The molecule has 0 spiro atoms. The van der Waals surface area contributed by atoms with E-state index in [1.54, 1.807) is 0 Å². The summed E-state index contributed by atoms with van der Waals surface area (Å²) in [5.41, 5.74) is 5.60. The minimum atomic E-state index is 0.352. The second kappa shape index (κ2) is 7.78. The molecule has 1 aliphatic rings. The lowest BCUT2D eigenvalue weighted by Crippen LogP contribution is -2.44. The molecule has 0 saturated carbocycles. The molecule has 0 bridgehead atoms. The van der Waals surface area contributed by atoms with E-state index in [-0.39, 0.29) is 0 Å². The molecular weight excluding hydrogens is 224 g/mol. The zero-order valence-corrected chi connectivity index (χ0v) is 12.3. The van der Waals surface area contributed by atoms with Crippen molar-refractivity contribution in [2.45, 2.75) is 65.3 Å². The number of nitrogens with zero attached hydrogens (tertiary/aromatic N) is 1. The fourth-order valence-electron chi connectivity index (χ4n) is 3.04. The van der Waals surface area contributed by atoms with Crippen LogP contribution in [0.1, 0.15) is 59.3 Å². The third kappa shape index (κ3) is 4.60. The van der Waals surface area contributed by atoms with Crippen molar-refractivity contribution >= 4 is 5.91 Å². The number of carbonyl (C=O) groups is 1. The summed E-state index contributed by atoms with van der Waals surface area (Å²) in [5.74, 6) is 1.74. The van der Waals surface area contributed by atoms with Crippen LogP contribution >= 0.6 is 0 Å². The second-order valence-corrected chi connectivity index (χ2v) is 5.96. The standard InChI is InChI=1S/C15H30N2O/c1-4-14(7-9-16)5-6-15(18)17-10-8-12(2)11-13(17)3/h12-14H,4-11,16H2,1-3H3. The molecule has 1 saturated heterocycles. The van der Waals surface area contributed by atoms with Gasteiger partial charge in [-0.15, -0.1) is 0 Å². The predicted octanol–water partition coefficient (Wildman–Crippen LogP) is 2.79. The molecule has 3 heteroatoms. The molecule has 1 rings (SSSR count). The number of hydrogen-bond donors (Lipinski definition) is 1. The summed E-state index contributed by atoms with van der Waals surface area (Å²) in [6.45, 7) is 8.35. The smallest absolute Gasteiger partial charge is 0.222 e. The van der Waals surface area contributed by atoms with Crippen molar-refractivity contribution in [3.05, 3.63) is 0 Å². The monoisotopic (exact) mass is 254 g/mol. The predicted molar refractivity (Wildman–Crippen MR) is 76.3 cm³/mol. The van der Waals surface area contributed by atoms with Gasteiger partial charge in [-0.05, 0) is 51.0 Å². The van der Waals surface area contributed by atoms with E-state index in [9.17, 15) is 4.79 Å². The number of amides is 1. The lowest BCUT2D eigenvalue weighted by Gasteiger charge is -2.36. The molecule has 1 amide bonds. The lowest BCUT2D eigenvalue weighted by atomic mass is 9.92. The van der Waals surface area contributed by atoms with Gasteiger partial charge in [0.15, 0.2) is 0 Å². The van der Waals surface area contributed by atoms with E-state index in [0.717, 1.165) is 51.1 Å². The summed E-state index contributed by atoms with van der Waals surface area (Å²) in [6.07, 6.45) is 6.22. The average molecular weight is 254 g/mol. The summed E-state index contributed by atoms with van der Waals surface area (Å²) >= 11 is 0. The first-order valence-corrected chi connectivity index (χ1v) is 7.58. The third-order valence-electron chi connectivity index (χ3n) is 4.38. The Kier molecular flexibility index (Phi) is 6.69. The van der Waals surface area contributed by atoms with E-state index < -0.39 is 0 Å². The largest absolute Gasteiger partial charge is 0.340 e. The first-order valence-electron chi connectivity index (χ1n) is 7.58. The van der Waals surface area contributed by atoms with Crippen LogP contribution in [-0.4, -0.2) is 29.9 Å². The van der Waals surface area contributed by atoms with Crippen LogP contribution in [-0.2, 0) is 4.79 Å². The molecule has 0 aromatic heterocycles. The van der Waals surface area contributed by atoms with Crippen molar-refractivity contribution in [3.8, 4) is 0 Å². The molecule has 0 aromatic carbocycles. The number of nitrogens with two attached hydrogens (primary N) is 1. The van der Waals surface area contributed by atoms with E-state index in [0.29, 0.717) is 24.3 Å². The van der Waals surface area contributed by atoms with Crippen molar-refractivity contribution in [1.29, 1.82) is 0 Å². The van der Waals surface area contributed by atoms with Gasteiger partial charge in [-0.1, -0.05) is 20.3 Å². The molecule has 3 atom stereocenters. The van der Waals surface area contributed by atoms with Gasteiger partial charge in [-0.3, -0.25) is 4.79 Å². The number of hydrogen-bond acceptors (Lipinski definition) is 2. The van der Waals surface area contributed by atoms with Gasteiger partial charge in [0.05, 0.1) is 0 Å². The molecule has 0 radical (unpaired) electrons. The number of likely N-dealkylation sites (tertiary alicyclic amines) is 1. The van der Waals surface area contributed by atoms with Crippen molar-refractivity contribution in [2.75, 3.05) is 13.1 Å². The molecular formula is C15H30N2O. The Labute approximate surface area is 112 Å². The Balaban J connectivity index is 2.35. The van der Waals surface area contributed by atoms with Gasteiger partial charge < -0.3 is 10.6 Å². The molecule has 1 heterocycles. The molecule has 18 heavy (non-hydrogen) atoms. The Morgan fingerprint density at radius 1 is 1.39 bits per heavy atom. The quantitative estimate of drug-likeness (QED) is 0.792. The zero-order chi connectivity index (χ0) is 13.5. The van der Waals surface area contributed by atoms with Gasteiger partial charge in [-0.25, -0.2) is 0 Å². The molecule has 3 unspecified atom stereocenters. The minimum Gasteiger partial charge on any atom is -0.340 e. The van der Waals surface area contributed by atoms with Crippen LogP contribution in [0.15, 0.2) is 0 Å². The van der Waals surface area contributed by atoms with Crippen molar-refractivity contribution in [3.63, 3.8) is 0 Å². The second-order valence-electron chi connectivity index (χ2n) is 5.96. The Hall–Kier alpha value is -0.570. The van der Waals surface area contributed by atoms with Crippen LogP contribution in [0.2, 0.25) is 0 Å². The molecule has 3 nitrogen and oxygen atoms in total. The molecule has 2 N–H and O–H groups in total. The highest BCUT2D eigenvalue weighted by Crippen LogP contribution is 2.24. The summed E-state index contributed by atoms with van der Waals surface area (Å²) < 4.78 is 0. The van der Waals surface area contributed by atoms with Crippen molar-refractivity contribution < 1.29 is 4.79 Å². The van der Waals surface area contributed by atoms with Gasteiger partial charge >= 0.3 is 0 Å². The number of carbonyl (C=O) groups excluding carboxylic acids is 1. The fraction of sp³-hybridized carbons (Fsp3) is 0.933. The van der Waals surface area contributed by atoms with Gasteiger partial charge in [-0.2, -0.15) is 0 Å². The molecule has 1 aliphatic heterocycles. The third-order valence-corrected chi connectivity index (χ3v) is 4.38. The maximum absolute atomic E-state index is 12.2. The maximum atomic E-state index is 12.2. The molecule has 1 fully saturated rings. The van der Waals surface area contributed by atoms with Gasteiger partial charge in [0.2, 0.25) is 5.91 Å². The lowest BCUT2D eigenvalue weighted by molar-refractivity contribution is -0.135. The van der Waals surface area contributed by atoms with Crippen molar-refractivity contribution in [2.24, 2.45) is 17.6 Å². The number of rotatable bonds is 6. The number of piperidine rings is 1. The van der Waals surface area contributed by atoms with Gasteiger partial charge in [0, 0.05) is 19.0 Å². The van der Waals surface area contributed by atoms with E-state index in [4.69, 9.17) is 5.73 Å². The highest BCUT2D eigenvalue weighted by atomic mass is 16.2. The van der Waals surface area contributed by atoms with Gasteiger partial charge in [0.1, 0.15) is 0 Å².